The lowest BCUT2D eigenvalue weighted by Gasteiger charge is -2.60. The normalized spacial score (nSPS) is 21.1. The summed E-state index contributed by atoms with van der Waals surface area (Å²) in [4.78, 5) is 16.1. The topological polar surface area (TPSA) is 13.0 Å². The van der Waals surface area contributed by atoms with E-state index in [0.717, 1.165) is 12.8 Å². The predicted molar refractivity (Wildman–Crippen MR) is 404 cm³/mol. The van der Waals surface area contributed by atoms with E-state index in [1.165, 1.54) is 122 Å². The first kappa shape index (κ1) is 64.1. The summed E-state index contributed by atoms with van der Waals surface area (Å²) in [5, 5.41) is 4.91. The van der Waals surface area contributed by atoms with Crippen molar-refractivity contribution in [2.45, 2.75) is 258 Å². The summed E-state index contributed by atoms with van der Waals surface area (Å²) in [5.41, 5.74) is 13.4. The Kier molecular flexibility index (Phi) is 18.6. The third-order valence-electron chi connectivity index (χ3n) is 20.2. The van der Waals surface area contributed by atoms with Crippen LogP contribution in [0.4, 0.5) is 22.7 Å². The fraction of sp³-hybridized carbons (Fsp3) is 0.625. The highest BCUT2D eigenvalue weighted by molar-refractivity contribution is 7.32. The van der Waals surface area contributed by atoms with Crippen LogP contribution in [0.15, 0.2) is 35.0 Å². The molecule has 0 radical (unpaired) electrons. The molecule has 0 N–H and O–H groups in total. The van der Waals surface area contributed by atoms with E-state index >= 15 is 0 Å². The predicted octanol–water partition coefficient (Wildman–Crippen LogP) is 24.7. The second kappa shape index (κ2) is 23.8. The molecule has 82 heavy (non-hydrogen) atoms. The molecule has 6 aromatic heterocycles. The van der Waals surface area contributed by atoms with Crippen molar-refractivity contribution >= 4 is 157 Å². The van der Waals surface area contributed by atoms with Gasteiger partial charge in [0.15, 0.2) is 0 Å². The van der Waals surface area contributed by atoms with E-state index in [9.17, 15) is 0 Å². The Morgan fingerprint density at radius 2 is 0.537 bits per heavy atom. The minimum atomic E-state index is -1.92. The summed E-state index contributed by atoms with van der Waals surface area (Å²) in [6.07, 6.45) is 14.6. The highest BCUT2D eigenvalue weighted by atomic mass is 32.1. The second-order valence-electron chi connectivity index (χ2n) is 30.7. The van der Waals surface area contributed by atoms with Gasteiger partial charge in [-0.15, -0.1) is 68.0 Å². The summed E-state index contributed by atoms with van der Waals surface area (Å²) < 4.78 is 13.3. The van der Waals surface area contributed by atoms with E-state index in [1.54, 1.807) is 84.0 Å². The third-order valence-corrected chi connectivity index (χ3v) is 67.5. The van der Waals surface area contributed by atoms with Crippen LogP contribution >= 0.6 is 68.0 Å². The zero-order chi connectivity index (χ0) is 59.3. The van der Waals surface area contributed by atoms with Crippen molar-refractivity contribution in [3.05, 3.63) is 57.3 Å². The van der Waals surface area contributed by atoms with Crippen LogP contribution in [0.5, 0.6) is 0 Å². The second-order valence-corrected chi connectivity index (χ2v) is 75.0. The lowest BCUT2D eigenvalue weighted by atomic mass is 10.1. The number of anilines is 4. The molecular weight excluding hydrogens is 1240 g/mol. The summed E-state index contributed by atoms with van der Waals surface area (Å²) in [6, 6.07) is 21.9. The number of nitrogens with zero attached hydrogens (tertiary/aromatic N) is 4. The summed E-state index contributed by atoms with van der Waals surface area (Å²) in [5.74, 6) is 0. The molecule has 0 saturated carbocycles. The molecule has 0 atom stereocenters. The van der Waals surface area contributed by atoms with Gasteiger partial charge in [0.25, 0.3) is 0 Å². The highest BCUT2D eigenvalue weighted by Gasteiger charge is 2.57. The van der Waals surface area contributed by atoms with Crippen LogP contribution in [-0.4, -0.2) is 65.9 Å². The van der Waals surface area contributed by atoms with Crippen molar-refractivity contribution in [3.8, 4) is 48.8 Å². The van der Waals surface area contributed by atoms with Gasteiger partial charge in [-0.1, -0.05) is 158 Å². The van der Waals surface area contributed by atoms with E-state index in [4.69, 9.17) is 0 Å². The number of hydrogen-bond acceptors (Lipinski definition) is 10. The SMILES string of the molecule is CCCCc1ccsc1-c1sc(-c2sc(-c3cc(CCCC)c(-c4sc(-c5sccc5CCCC)c5c4N4[Si](C)(C)CC[Si](C)(C)N5[Si](C)(C)CC[Si]4(C)C)s3)cc2CCCC)c2c1N1[Si](C)(C)CC[Si](C)(C)N2[Si](C)(C)CC[Si]1(C)C. The first-order valence-electron chi connectivity index (χ1n) is 32.4. The summed E-state index contributed by atoms with van der Waals surface area (Å²) in [6.45, 7) is 54.5. The van der Waals surface area contributed by atoms with Crippen LogP contribution in [0.2, 0.25) is 153 Å². The van der Waals surface area contributed by atoms with Gasteiger partial charge in [-0.05, 0) is 157 Å². The Morgan fingerprint density at radius 3 is 0.780 bits per heavy atom. The molecule has 10 rings (SSSR count). The Bertz CT molecular complexity index is 2980. The molecule has 4 bridgehead atoms. The number of hydrogen-bond donors (Lipinski definition) is 0. The minimum Gasteiger partial charge on any atom is -0.421 e. The van der Waals surface area contributed by atoms with Crippen molar-refractivity contribution in [1.29, 1.82) is 0 Å². The number of rotatable bonds is 17. The van der Waals surface area contributed by atoms with Crippen molar-refractivity contribution in [1.82, 2.24) is 0 Å². The van der Waals surface area contributed by atoms with Gasteiger partial charge in [0.2, 0.25) is 0 Å². The van der Waals surface area contributed by atoms with Crippen LogP contribution in [0.3, 0.4) is 0 Å². The van der Waals surface area contributed by atoms with Gasteiger partial charge in [0, 0.05) is 19.5 Å². The Hall–Kier alpha value is -0.865. The van der Waals surface area contributed by atoms with Crippen LogP contribution in [-0.2, 0) is 25.7 Å². The molecule has 18 heteroatoms. The first-order valence-corrected chi connectivity index (χ1v) is 62.7. The molecular formula is C64H106N4S6Si8. The van der Waals surface area contributed by atoms with Crippen LogP contribution < -0.4 is 16.9 Å². The molecule has 0 fully saturated rings. The molecule has 10 heterocycles. The van der Waals surface area contributed by atoms with Gasteiger partial charge in [-0.25, -0.2) is 0 Å². The van der Waals surface area contributed by atoms with Gasteiger partial charge < -0.3 is 16.9 Å². The van der Waals surface area contributed by atoms with Gasteiger partial charge in [-0.3, -0.25) is 0 Å². The largest absolute Gasteiger partial charge is 0.421 e. The number of thiophene rings is 6. The highest BCUT2D eigenvalue weighted by Crippen LogP contribution is 2.65. The maximum Gasteiger partial charge on any atom is 0.141 e. The van der Waals surface area contributed by atoms with Gasteiger partial charge >= 0.3 is 0 Å². The van der Waals surface area contributed by atoms with Gasteiger partial charge in [0.1, 0.15) is 65.9 Å². The van der Waals surface area contributed by atoms with E-state index in [0.29, 0.717) is 0 Å². The molecule has 4 nitrogen and oxygen atoms in total. The van der Waals surface area contributed by atoms with Crippen molar-refractivity contribution in [2.75, 3.05) is 16.9 Å². The Morgan fingerprint density at radius 1 is 0.305 bits per heavy atom. The monoisotopic (exact) mass is 1350 g/mol. The van der Waals surface area contributed by atoms with E-state index in [1.807, 2.05) is 0 Å². The number of aryl methyl sites for hydroxylation is 4. The van der Waals surface area contributed by atoms with E-state index in [-0.39, 0.29) is 0 Å². The van der Waals surface area contributed by atoms with Crippen molar-refractivity contribution in [3.63, 3.8) is 0 Å². The number of unbranched alkanes of at least 4 members (excludes halogenated alkanes) is 4. The molecule has 0 saturated heterocycles. The maximum atomic E-state index is 3.34. The van der Waals surface area contributed by atoms with Crippen molar-refractivity contribution < 1.29 is 0 Å². The van der Waals surface area contributed by atoms with Crippen LogP contribution in [0, 0.1) is 0 Å². The van der Waals surface area contributed by atoms with Gasteiger partial charge in [0.05, 0.1) is 52.0 Å². The molecule has 4 aliphatic heterocycles. The Balaban J connectivity index is 1.28. The molecule has 0 unspecified atom stereocenters. The summed E-state index contributed by atoms with van der Waals surface area (Å²) >= 11 is 13.1. The average molecular weight is 1350 g/mol. The molecule has 450 valence electrons. The lowest BCUT2D eigenvalue weighted by Crippen LogP contribution is -2.71. The van der Waals surface area contributed by atoms with E-state index < -0.39 is 65.9 Å². The molecule has 0 amide bonds. The zero-order valence-corrected chi connectivity index (χ0v) is 67.7. The molecule has 6 aromatic rings. The summed E-state index contributed by atoms with van der Waals surface area (Å²) in [7, 11) is -15.3. The molecule has 0 spiro atoms. The minimum absolute atomic E-state index is 1.16. The molecule has 0 aliphatic carbocycles. The Labute approximate surface area is 532 Å². The molecule has 0 aromatic carbocycles. The standard InChI is InChI=1S/C64H106N4S6Si8/c1-21-25-29-47-33-35-69-57(47)61-53-55(67-79(13,14)41-37-75(5,6)65(53)76(7,8)38-42-80(67,15)16)63(73-61)59-49(31-27-23-3)45-51(71-59)52-46-50(32-28-24-4)60(72-52)64-56-54(62(74-64)58-48(30-26-22-2)34-36-70-58)66-77(9,10)39-43-81(17,18)68(56)82(19,20)44-40-78(66,11)12/h33-36,45-46H,21-32,37-44H2,1-20H3. The quantitative estimate of drug-likeness (QED) is 0.0844. The zero-order valence-electron chi connectivity index (χ0n) is 54.8. The van der Waals surface area contributed by atoms with Gasteiger partial charge in [-0.2, -0.15) is 0 Å². The van der Waals surface area contributed by atoms with Crippen molar-refractivity contribution in [2.24, 2.45) is 0 Å². The molecule has 4 aliphatic rings. The first-order chi connectivity index (χ1) is 38.5. The van der Waals surface area contributed by atoms with Crippen LogP contribution in [0.25, 0.3) is 48.8 Å². The van der Waals surface area contributed by atoms with E-state index in [2.05, 4.69) is 252 Å². The fourth-order valence-corrected chi connectivity index (χ4v) is 81.2. The third kappa shape index (κ3) is 11.7. The fourth-order valence-electron chi connectivity index (χ4n) is 16.1. The van der Waals surface area contributed by atoms with Crippen LogP contribution in [0.1, 0.15) is 101 Å². The average Bonchev–Trinajstić information content (AvgIpc) is 4.33. The lowest BCUT2D eigenvalue weighted by molar-refractivity contribution is 0.798. The smallest absolute Gasteiger partial charge is 0.141 e. The maximum absolute atomic E-state index is 3.34.